The van der Waals surface area contributed by atoms with Crippen molar-refractivity contribution in [2.24, 2.45) is 0 Å². The Balaban J connectivity index is 2.14. The third-order valence-electron chi connectivity index (χ3n) is 3.16. The highest BCUT2D eigenvalue weighted by molar-refractivity contribution is 7.98. The maximum absolute atomic E-state index is 5.75. The molecule has 2 rings (SSSR count). The van der Waals surface area contributed by atoms with Crippen molar-refractivity contribution in [3.63, 3.8) is 0 Å². The number of benzene rings is 1. The zero-order valence-corrected chi connectivity index (χ0v) is 13.5. The van der Waals surface area contributed by atoms with Crippen molar-refractivity contribution in [3.05, 3.63) is 41.7 Å². The van der Waals surface area contributed by atoms with Crippen molar-refractivity contribution in [1.82, 2.24) is 19.9 Å². The summed E-state index contributed by atoms with van der Waals surface area (Å²) in [6.07, 6.45) is 1.93. The fraction of sp³-hybridized carbons (Fsp3) is 0.400. The fourth-order valence-electron chi connectivity index (χ4n) is 2.00. The number of hydrogen-bond acceptors (Lipinski definition) is 6. The van der Waals surface area contributed by atoms with E-state index in [4.69, 9.17) is 5.73 Å². The van der Waals surface area contributed by atoms with Gasteiger partial charge in [0.1, 0.15) is 5.82 Å². The molecule has 0 atom stereocenters. The van der Waals surface area contributed by atoms with E-state index in [2.05, 4.69) is 58.0 Å². The maximum atomic E-state index is 5.75. The summed E-state index contributed by atoms with van der Waals surface area (Å²) in [6.45, 7) is 5.86. The maximum Gasteiger partial charge on any atom is 0.224 e. The van der Waals surface area contributed by atoms with E-state index in [1.807, 2.05) is 12.3 Å². The molecule has 1 aromatic carbocycles. The third-order valence-corrected chi connectivity index (χ3v) is 3.71. The van der Waals surface area contributed by atoms with E-state index in [1.54, 1.807) is 0 Å². The van der Waals surface area contributed by atoms with Gasteiger partial charge in [0.25, 0.3) is 0 Å². The van der Waals surface area contributed by atoms with Crippen LogP contribution in [0.2, 0.25) is 0 Å². The largest absolute Gasteiger partial charge is 0.368 e. The summed E-state index contributed by atoms with van der Waals surface area (Å²) in [5, 5.41) is 0.668. The van der Waals surface area contributed by atoms with Crippen LogP contribution in [0, 0.1) is 0 Å². The van der Waals surface area contributed by atoms with Gasteiger partial charge in [0, 0.05) is 12.6 Å². The van der Waals surface area contributed by atoms with E-state index in [1.165, 1.54) is 17.3 Å². The van der Waals surface area contributed by atoms with Crippen molar-refractivity contribution >= 4 is 17.7 Å². The Bertz CT molecular complexity index is 574. The van der Waals surface area contributed by atoms with Gasteiger partial charge in [-0.1, -0.05) is 42.1 Å². The number of nitrogen functional groups attached to an aromatic ring is 1. The molecule has 0 aliphatic carbocycles. The quantitative estimate of drug-likeness (QED) is 0.827. The first-order valence-corrected chi connectivity index (χ1v) is 8.13. The SMILES string of the molecule is CSc1nc(N)nc(CN(Cc2ccccc2)C(C)C)n1. The highest BCUT2D eigenvalue weighted by atomic mass is 32.2. The summed E-state index contributed by atoms with van der Waals surface area (Å²) in [7, 11) is 0. The summed E-state index contributed by atoms with van der Waals surface area (Å²) in [6, 6.07) is 10.8. The zero-order valence-electron chi connectivity index (χ0n) is 12.7. The minimum absolute atomic E-state index is 0.285. The zero-order chi connectivity index (χ0) is 15.2. The van der Waals surface area contributed by atoms with Crippen LogP contribution in [0.15, 0.2) is 35.5 Å². The molecule has 1 heterocycles. The second-order valence-corrected chi connectivity index (χ2v) is 5.85. The van der Waals surface area contributed by atoms with E-state index in [0.717, 1.165) is 12.4 Å². The molecule has 21 heavy (non-hydrogen) atoms. The van der Waals surface area contributed by atoms with Crippen LogP contribution in [0.4, 0.5) is 5.95 Å². The molecule has 0 spiro atoms. The normalized spacial score (nSPS) is 11.3. The first kappa shape index (κ1) is 15.7. The van der Waals surface area contributed by atoms with Gasteiger partial charge in [-0.3, -0.25) is 4.90 Å². The van der Waals surface area contributed by atoms with Crippen molar-refractivity contribution in [1.29, 1.82) is 0 Å². The van der Waals surface area contributed by atoms with Gasteiger partial charge in [0.15, 0.2) is 5.16 Å². The monoisotopic (exact) mass is 303 g/mol. The van der Waals surface area contributed by atoms with E-state index < -0.39 is 0 Å². The minimum atomic E-state index is 0.285. The van der Waals surface area contributed by atoms with E-state index in [9.17, 15) is 0 Å². The molecule has 0 bridgehead atoms. The molecule has 0 saturated carbocycles. The van der Waals surface area contributed by atoms with Gasteiger partial charge in [-0.25, -0.2) is 4.98 Å². The fourth-order valence-corrected chi connectivity index (χ4v) is 2.38. The molecular weight excluding hydrogens is 282 g/mol. The summed E-state index contributed by atoms with van der Waals surface area (Å²) in [5.41, 5.74) is 7.02. The van der Waals surface area contributed by atoms with E-state index in [0.29, 0.717) is 17.7 Å². The highest BCUT2D eigenvalue weighted by Crippen LogP contribution is 2.14. The molecule has 5 nitrogen and oxygen atoms in total. The van der Waals surface area contributed by atoms with Gasteiger partial charge in [-0.05, 0) is 25.7 Å². The Kier molecular flexibility index (Phi) is 5.52. The molecule has 0 radical (unpaired) electrons. The van der Waals surface area contributed by atoms with Crippen LogP contribution in [0.5, 0.6) is 0 Å². The highest BCUT2D eigenvalue weighted by Gasteiger charge is 2.14. The lowest BCUT2D eigenvalue weighted by Gasteiger charge is -2.25. The topological polar surface area (TPSA) is 67.9 Å². The Hall–Kier alpha value is -1.66. The van der Waals surface area contributed by atoms with Crippen LogP contribution < -0.4 is 5.73 Å². The van der Waals surface area contributed by atoms with Gasteiger partial charge in [0.05, 0.1) is 6.54 Å². The summed E-state index contributed by atoms with van der Waals surface area (Å²) < 4.78 is 0. The summed E-state index contributed by atoms with van der Waals surface area (Å²) >= 11 is 1.48. The van der Waals surface area contributed by atoms with Crippen molar-refractivity contribution in [2.75, 3.05) is 12.0 Å². The van der Waals surface area contributed by atoms with Crippen LogP contribution in [0.1, 0.15) is 25.2 Å². The van der Waals surface area contributed by atoms with E-state index in [-0.39, 0.29) is 5.95 Å². The molecule has 0 saturated heterocycles. The Morgan fingerprint density at radius 1 is 1.10 bits per heavy atom. The Morgan fingerprint density at radius 2 is 1.81 bits per heavy atom. The average Bonchev–Trinajstić information content (AvgIpc) is 2.47. The molecule has 112 valence electrons. The van der Waals surface area contributed by atoms with E-state index >= 15 is 0 Å². The number of hydrogen-bond donors (Lipinski definition) is 1. The molecule has 2 aromatic rings. The lowest BCUT2D eigenvalue weighted by Crippen LogP contribution is -2.30. The van der Waals surface area contributed by atoms with Gasteiger partial charge < -0.3 is 5.73 Å². The summed E-state index contributed by atoms with van der Waals surface area (Å²) in [4.78, 5) is 15.1. The lowest BCUT2D eigenvalue weighted by molar-refractivity contribution is 0.198. The van der Waals surface area contributed by atoms with Crippen molar-refractivity contribution in [3.8, 4) is 0 Å². The number of nitrogens with two attached hydrogens (primary N) is 1. The van der Waals surface area contributed by atoms with Crippen molar-refractivity contribution < 1.29 is 0 Å². The minimum Gasteiger partial charge on any atom is -0.368 e. The molecule has 1 aromatic heterocycles. The van der Waals surface area contributed by atoms with Crippen LogP contribution in [-0.4, -0.2) is 32.1 Å². The second kappa shape index (κ2) is 7.38. The number of anilines is 1. The number of thioether (sulfide) groups is 1. The van der Waals surface area contributed by atoms with Gasteiger partial charge >= 0.3 is 0 Å². The van der Waals surface area contributed by atoms with Crippen LogP contribution in [0.3, 0.4) is 0 Å². The summed E-state index contributed by atoms with van der Waals surface area (Å²) in [5.74, 6) is 1.00. The molecule has 6 heteroatoms. The Morgan fingerprint density at radius 3 is 2.43 bits per heavy atom. The number of nitrogens with zero attached hydrogens (tertiary/aromatic N) is 4. The van der Waals surface area contributed by atoms with Crippen LogP contribution in [0.25, 0.3) is 0 Å². The predicted molar refractivity (Wildman–Crippen MR) is 86.8 cm³/mol. The average molecular weight is 303 g/mol. The first-order chi connectivity index (χ1) is 10.1. The van der Waals surface area contributed by atoms with Gasteiger partial charge in [-0.2, -0.15) is 9.97 Å². The Labute approximate surface area is 130 Å². The number of aromatic nitrogens is 3. The number of rotatable bonds is 6. The molecular formula is C15H21N5S. The van der Waals surface area contributed by atoms with Gasteiger partial charge in [-0.15, -0.1) is 0 Å². The molecule has 0 fully saturated rings. The molecule has 0 amide bonds. The molecule has 0 unspecified atom stereocenters. The lowest BCUT2D eigenvalue weighted by atomic mass is 10.2. The standard InChI is InChI=1S/C15H21N5S/c1-11(2)20(9-12-7-5-4-6-8-12)10-13-17-14(16)19-15(18-13)21-3/h4-8,11H,9-10H2,1-3H3,(H2,16,17,18,19). The third kappa shape index (κ3) is 4.68. The molecule has 0 aliphatic heterocycles. The van der Waals surface area contributed by atoms with Gasteiger partial charge in [0.2, 0.25) is 5.95 Å². The smallest absolute Gasteiger partial charge is 0.224 e. The van der Waals surface area contributed by atoms with Crippen molar-refractivity contribution in [2.45, 2.75) is 38.1 Å². The second-order valence-electron chi connectivity index (χ2n) is 5.08. The first-order valence-electron chi connectivity index (χ1n) is 6.91. The molecule has 2 N–H and O–H groups in total. The predicted octanol–water partition coefficient (Wildman–Crippen LogP) is 2.59. The molecule has 0 aliphatic rings. The van der Waals surface area contributed by atoms with Crippen LogP contribution in [-0.2, 0) is 13.1 Å². The van der Waals surface area contributed by atoms with Crippen LogP contribution >= 0.6 is 11.8 Å².